The minimum atomic E-state index is -4.71. The molecule has 16 heteroatoms. The minimum Gasteiger partial charge on any atom is -0.501 e. The zero-order valence-electron chi connectivity index (χ0n) is 21.6. The molecule has 3 aromatic rings. The third kappa shape index (κ3) is 5.29. The summed E-state index contributed by atoms with van der Waals surface area (Å²) in [7, 11) is -9.41. The Balaban J connectivity index is 1.57. The van der Waals surface area contributed by atoms with Gasteiger partial charge in [0.1, 0.15) is 21.3 Å². The highest BCUT2D eigenvalue weighted by molar-refractivity contribution is 7.87. The highest BCUT2D eigenvalue weighted by Crippen LogP contribution is 2.28. The molecule has 2 aliphatic rings. The van der Waals surface area contributed by atoms with E-state index in [1.807, 2.05) is 0 Å². The standard InChI is InChI=1S/C27H18N4O10S2/c28-30-21-9-7-17-19(25(21)32)3-1-5-23(17)42(36,37)40-15-11-14(27(34)35)12-16(13-15)41-43(38,39)24-6-2-4-20-18(24)8-10-22(31-29)26(20)33/h1-8,11-13,32-33H,9-10H2,(H,34,35). The molecule has 0 bridgehead atoms. The van der Waals surface area contributed by atoms with Crippen molar-refractivity contribution in [3.05, 3.63) is 92.1 Å². The normalized spacial score (nSPS) is 14.3. The summed E-state index contributed by atoms with van der Waals surface area (Å²) >= 11 is 0. The minimum absolute atomic E-state index is 0.0420. The van der Waals surface area contributed by atoms with Gasteiger partial charge in [0.2, 0.25) is 11.5 Å². The van der Waals surface area contributed by atoms with Crippen LogP contribution in [0.5, 0.6) is 11.5 Å². The van der Waals surface area contributed by atoms with Crippen LogP contribution in [0.3, 0.4) is 0 Å². The van der Waals surface area contributed by atoms with Gasteiger partial charge in [-0.05, 0) is 24.3 Å². The maximum absolute atomic E-state index is 13.3. The van der Waals surface area contributed by atoms with Crippen LogP contribution in [0.2, 0.25) is 0 Å². The Morgan fingerprint density at radius 3 is 1.51 bits per heavy atom. The zero-order valence-corrected chi connectivity index (χ0v) is 23.2. The van der Waals surface area contributed by atoms with E-state index in [1.165, 1.54) is 48.6 Å². The number of carbonyl (C=O) groups is 1. The van der Waals surface area contributed by atoms with Crippen LogP contribution in [-0.2, 0) is 20.2 Å². The number of hydrogen-bond donors (Lipinski definition) is 3. The smallest absolute Gasteiger partial charge is 0.339 e. The molecule has 0 saturated carbocycles. The molecular weight excluding hydrogens is 604 g/mol. The van der Waals surface area contributed by atoms with E-state index in [2.05, 4.69) is 9.58 Å². The van der Waals surface area contributed by atoms with Gasteiger partial charge >= 0.3 is 37.6 Å². The van der Waals surface area contributed by atoms with Crippen LogP contribution in [0, 0.1) is 0 Å². The molecule has 218 valence electrons. The Hall–Kier alpha value is -5.53. The molecular formula is C27H18N4O10S2. The van der Waals surface area contributed by atoms with Crippen molar-refractivity contribution in [2.24, 2.45) is 0 Å². The second-order valence-electron chi connectivity index (χ2n) is 9.12. The molecule has 0 aliphatic heterocycles. The molecule has 0 amide bonds. The van der Waals surface area contributed by atoms with Crippen molar-refractivity contribution >= 4 is 61.3 Å². The van der Waals surface area contributed by atoms with E-state index < -0.39 is 64.6 Å². The third-order valence-corrected chi connectivity index (χ3v) is 9.12. The Morgan fingerprint density at radius 2 is 1.14 bits per heavy atom. The van der Waals surface area contributed by atoms with Gasteiger partial charge in [-0.1, -0.05) is 36.4 Å². The first-order valence-corrected chi connectivity index (χ1v) is 14.9. The Bertz CT molecular complexity index is 2180. The van der Waals surface area contributed by atoms with Gasteiger partial charge in [0.05, 0.1) is 18.4 Å². The first-order chi connectivity index (χ1) is 20.4. The van der Waals surface area contributed by atoms with Crippen molar-refractivity contribution in [3.63, 3.8) is 0 Å². The van der Waals surface area contributed by atoms with E-state index in [1.54, 1.807) is 0 Å². The fraction of sp³-hybridized carbons (Fsp3) is 0.0741. The molecule has 0 spiro atoms. The summed E-state index contributed by atoms with van der Waals surface area (Å²) in [6.45, 7) is 0. The average Bonchev–Trinajstić information content (AvgIpc) is 2.96. The summed E-state index contributed by atoms with van der Waals surface area (Å²) in [6.07, 6.45) is 2.57. The number of aliphatic hydroxyl groups excluding tert-OH is 2. The van der Waals surface area contributed by atoms with Gasteiger partial charge in [-0.3, -0.25) is 0 Å². The number of fused-ring (bicyclic) bond motifs is 2. The van der Waals surface area contributed by atoms with Crippen LogP contribution >= 0.6 is 0 Å². The molecule has 0 radical (unpaired) electrons. The maximum Gasteiger partial charge on any atom is 0.339 e. The second-order valence-corrected chi connectivity index (χ2v) is 12.1. The summed E-state index contributed by atoms with van der Waals surface area (Å²) in [5.41, 5.74) is 17.4. The van der Waals surface area contributed by atoms with Crippen LogP contribution in [-0.4, -0.2) is 59.1 Å². The van der Waals surface area contributed by atoms with E-state index in [9.17, 15) is 36.9 Å². The van der Waals surface area contributed by atoms with Crippen LogP contribution in [0.25, 0.3) is 34.7 Å². The SMILES string of the molecule is [N-]=[N+]=C1CC=c2c(S(=O)(=O)Oc3cc(OS(=O)(=O)c4cccc5c4=CCC(=[N+]=[N-])C=5O)cc(C(=O)O)c3)cccc2=C1O. The Labute approximate surface area is 242 Å². The van der Waals surface area contributed by atoms with Gasteiger partial charge in [0.25, 0.3) is 0 Å². The highest BCUT2D eigenvalue weighted by atomic mass is 32.2. The molecule has 43 heavy (non-hydrogen) atoms. The second kappa shape index (κ2) is 10.7. The largest absolute Gasteiger partial charge is 0.501 e. The van der Waals surface area contributed by atoms with Crippen molar-refractivity contribution in [2.75, 3.05) is 0 Å². The lowest BCUT2D eigenvalue weighted by Crippen LogP contribution is -2.38. The van der Waals surface area contributed by atoms with Crippen LogP contribution in [0.1, 0.15) is 23.2 Å². The summed E-state index contributed by atoms with van der Waals surface area (Å²) in [5, 5.41) is 30.5. The maximum atomic E-state index is 13.3. The van der Waals surface area contributed by atoms with Gasteiger partial charge in [-0.25, -0.2) is 4.79 Å². The lowest BCUT2D eigenvalue weighted by molar-refractivity contribution is -0.00674. The van der Waals surface area contributed by atoms with E-state index in [-0.39, 0.29) is 45.1 Å². The summed E-state index contributed by atoms with van der Waals surface area (Å²) in [4.78, 5) is 16.9. The topological polar surface area (TPSA) is 237 Å². The summed E-state index contributed by atoms with van der Waals surface area (Å²) in [5.74, 6) is -3.64. The molecule has 0 unspecified atom stereocenters. The summed E-state index contributed by atoms with van der Waals surface area (Å²) in [6, 6.07) is 10.3. The number of aliphatic hydroxyl groups is 2. The number of aromatic carboxylic acids is 1. The predicted octanol–water partition coefficient (Wildman–Crippen LogP) is -0.0374. The van der Waals surface area contributed by atoms with Crippen molar-refractivity contribution in [2.45, 2.75) is 22.6 Å². The number of carboxylic acid groups (broad SMARTS) is 1. The first kappa shape index (κ1) is 29.0. The molecule has 0 heterocycles. The molecule has 0 fully saturated rings. The molecule has 2 aliphatic carbocycles. The molecule has 0 atom stereocenters. The Kier molecular flexibility index (Phi) is 7.21. The third-order valence-electron chi connectivity index (χ3n) is 6.51. The zero-order chi connectivity index (χ0) is 31.1. The molecule has 0 saturated heterocycles. The average molecular weight is 623 g/mol. The lowest BCUT2D eigenvalue weighted by Gasteiger charge is -2.13. The van der Waals surface area contributed by atoms with Crippen molar-refractivity contribution < 1.29 is 54.9 Å². The van der Waals surface area contributed by atoms with Crippen molar-refractivity contribution in [3.8, 4) is 11.5 Å². The lowest BCUT2D eigenvalue weighted by atomic mass is 10.0. The number of nitrogens with zero attached hydrogens (tertiary/aromatic N) is 4. The fourth-order valence-corrected chi connectivity index (χ4v) is 6.87. The predicted molar refractivity (Wildman–Crippen MR) is 148 cm³/mol. The number of rotatable bonds is 7. The van der Waals surface area contributed by atoms with Gasteiger partial charge < -0.3 is 34.7 Å². The molecule has 3 N–H and O–H groups in total. The van der Waals surface area contributed by atoms with Crippen molar-refractivity contribution in [1.82, 2.24) is 0 Å². The summed E-state index contributed by atoms with van der Waals surface area (Å²) < 4.78 is 63.6. The van der Waals surface area contributed by atoms with Gasteiger partial charge in [-0.2, -0.15) is 26.4 Å². The fourth-order valence-electron chi connectivity index (χ4n) is 4.57. The molecule has 3 aromatic carbocycles. The number of hydrogen-bond acceptors (Lipinski definition) is 9. The molecule has 0 aromatic heterocycles. The van der Waals surface area contributed by atoms with Crippen LogP contribution < -0.4 is 29.2 Å². The molecule has 14 nitrogen and oxygen atoms in total. The van der Waals surface area contributed by atoms with E-state index in [4.69, 9.17) is 19.4 Å². The van der Waals surface area contributed by atoms with Crippen LogP contribution in [0.15, 0.2) is 64.4 Å². The van der Waals surface area contributed by atoms with E-state index in [0.29, 0.717) is 0 Å². The number of carboxylic acids is 1. The van der Waals surface area contributed by atoms with Gasteiger partial charge in [-0.15, -0.1) is 0 Å². The first-order valence-electron chi connectivity index (χ1n) is 12.1. The van der Waals surface area contributed by atoms with Gasteiger partial charge in [0, 0.05) is 26.9 Å². The monoisotopic (exact) mass is 622 g/mol. The highest BCUT2D eigenvalue weighted by Gasteiger charge is 2.27. The van der Waals surface area contributed by atoms with E-state index in [0.717, 1.165) is 18.2 Å². The quantitative estimate of drug-likeness (QED) is 0.180. The van der Waals surface area contributed by atoms with Gasteiger partial charge in [0.15, 0.2) is 0 Å². The van der Waals surface area contributed by atoms with Crippen LogP contribution in [0.4, 0.5) is 0 Å². The Morgan fingerprint density at radius 1 is 0.721 bits per heavy atom. The number of benzene rings is 3. The van der Waals surface area contributed by atoms with E-state index >= 15 is 0 Å². The molecule has 5 rings (SSSR count). The van der Waals surface area contributed by atoms with Crippen molar-refractivity contribution in [1.29, 1.82) is 0 Å².